The van der Waals surface area contributed by atoms with Gasteiger partial charge in [-0.2, -0.15) is 0 Å². The fourth-order valence-electron chi connectivity index (χ4n) is 2.64. The molecule has 0 unspecified atom stereocenters. The van der Waals surface area contributed by atoms with Crippen LogP contribution in [0.3, 0.4) is 0 Å². The van der Waals surface area contributed by atoms with E-state index in [1.54, 1.807) is 26.4 Å². The van der Waals surface area contributed by atoms with Crippen LogP contribution in [-0.2, 0) is 17.6 Å². The minimum absolute atomic E-state index is 0.00461. The van der Waals surface area contributed by atoms with Crippen LogP contribution in [0.5, 0.6) is 11.5 Å². The third-order valence-corrected chi connectivity index (χ3v) is 3.89. The Labute approximate surface area is 148 Å². The van der Waals surface area contributed by atoms with Crippen LogP contribution in [0.1, 0.15) is 28.4 Å². The van der Waals surface area contributed by atoms with Gasteiger partial charge < -0.3 is 14.8 Å². The smallest absolute Gasteiger partial charge is 0.216 e. The van der Waals surface area contributed by atoms with Crippen LogP contribution in [0.4, 0.5) is 0 Å². The minimum atomic E-state index is -0.0994. The highest BCUT2D eigenvalue weighted by atomic mass is 16.5. The second-order valence-corrected chi connectivity index (χ2v) is 5.68. The van der Waals surface area contributed by atoms with E-state index in [-0.39, 0.29) is 11.7 Å². The summed E-state index contributed by atoms with van der Waals surface area (Å²) in [5.74, 6) is 0.987. The Morgan fingerprint density at radius 1 is 1.00 bits per heavy atom. The van der Waals surface area contributed by atoms with E-state index in [1.807, 2.05) is 30.3 Å². The normalized spacial score (nSPS) is 10.2. The van der Waals surface area contributed by atoms with Crippen molar-refractivity contribution in [3.05, 3.63) is 59.2 Å². The van der Waals surface area contributed by atoms with Gasteiger partial charge in [0.2, 0.25) is 5.91 Å². The molecule has 5 heteroatoms. The van der Waals surface area contributed by atoms with Gasteiger partial charge in [0, 0.05) is 25.5 Å². The van der Waals surface area contributed by atoms with Crippen molar-refractivity contribution in [3.63, 3.8) is 0 Å². The van der Waals surface area contributed by atoms with Gasteiger partial charge in [-0.1, -0.05) is 30.3 Å². The summed E-state index contributed by atoms with van der Waals surface area (Å²) in [5.41, 5.74) is 2.37. The fraction of sp³-hybridized carbons (Fsp3) is 0.300. The van der Waals surface area contributed by atoms with Crippen LogP contribution in [0.25, 0.3) is 0 Å². The first-order chi connectivity index (χ1) is 12.0. The van der Waals surface area contributed by atoms with E-state index in [1.165, 1.54) is 6.92 Å². The van der Waals surface area contributed by atoms with Crippen LogP contribution < -0.4 is 14.8 Å². The van der Waals surface area contributed by atoms with Crippen LogP contribution in [-0.4, -0.2) is 32.5 Å². The molecule has 0 spiro atoms. The van der Waals surface area contributed by atoms with Crippen LogP contribution in [0.15, 0.2) is 42.5 Å². The Balaban J connectivity index is 2.31. The molecule has 0 heterocycles. The molecule has 5 nitrogen and oxygen atoms in total. The molecule has 2 rings (SSSR count). The van der Waals surface area contributed by atoms with Gasteiger partial charge in [-0.15, -0.1) is 0 Å². The first-order valence-electron chi connectivity index (χ1n) is 8.11. The zero-order valence-corrected chi connectivity index (χ0v) is 14.8. The zero-order valence-electron chi connectivity index (χ0n) is 14.8. The van der Waals surface area contributed by atoms with Gasteiger partial charge in [-0.05, 0) is 29.7 Å². The van der Waals surface area contributed by atoms with Gasteiger partial charge in [0.25, 0.3) is 0 Å². The fourth-order valence-corrected chi connectivity index (χ4v) is 2.64. The standard InChI is InChI=1S/C20H23NO4/c1-14(22)21-10-9-16-12-19(24-2)20(25-3)13-17(16)18(23)11-15-7-5-4-6-8-15/h4-8,12-13H,9-11H2,1-3H3,(H,21,22). The molecule has 1 N–H and O–H groups in total. The van der Waals surface area contributed by atoms with Gasteiger partial charge in [-0.3, -0.25) is 9.59 Å². The highest BCUT2D eigenvalue weighted by Crippen LogP contribution is 2.31. The van der Waals surface area contributed by atoms with Crippen molar-refractivity contribution in [2.45, 2.75) is 19.8 Å². The molecule has 0 atom stereocenters. The van der Waals surface area contributed by atoms with Crippen molar-refractivity contribution in [3.8, 4) is 11.5 Å². The number of amides is 1. The van der Waals surface area contributed by atoms with Crippen molar-refractivity contribution < 1.29 is 19.1 Å². The molecule has 0 saturated heterocycles. The number of nitrogens with one attached hydrogen (secondary N) is 1. The van der Waals surface area contributed by atoms with Gasteiger partial charge >= 0.3 is 0 Å². The summed E-state index contributed by atoms with van der Waals surface area (Å²) in [5, 5.41) is 2.75. The number of rotatable bonds is 8. The Hall–Kier alpha value is -2.82. The second-order valence-electron chi connectivity index (χ2n) is 5.68. The molecular weight excluding hydrogens is 318 g/mol. The molecule has 0 radical (unpaired) electrons. The van der Waals surface area contributed by atoms with Crippen LogP contribution in [0, 0.1) is 0 Å². The lowest BCUT2D eigenvalue weighted by atomic mass is 9.96. The lowest BCUT2D eigenvalue weighted by Gasteiger charge is -2.15. The van der Waals surface area contributed by atoms with Crippen molar-refractivity contribution in [1.29, 1.82) is 0 Å². The topological polar surface area (TPSA) is 64.6 Å². The summed E-state index contributed by atoms with van der Waals surface area (Å²) in [6, 6.07) is 13.1. The molecule has 1 amide bonds. The summed E-state index contributed by atoms with van der Waals surface area (Å²) < 4.78 is 10.7. The molecule has 2 aromatic rings. The SMILES string of the molecule is COc1cc(CCNC(C)=O)c(C(=O)Cc2ccccc2)cc1OC. The highest BCUT2D eigenvalue weighted by Gasteiger charge is 2.17. The molecule has 0 fully saturated rings. The summed E-state index contributed by atoms with van der Waals surface area (Å²) in [6.45, 7) is 1.92. The number of carbonyl (C=O) groups is 2. The van der Waals surface area contributed by atoms with E-state index in [2.05, 4.69) is 5.32 Å². The number of Topliss-reactive ketones (excluding diaryl/α,β-unsaturated/α-hetero) is 1. The average Bonchev–Trinajstić information content (AvgIpc) is 2.61. The van der Waals surface area contributed by atoms with E-state index in [0.29, 0.717) is 36.4 Å². The molecule has 132 valence electrons. The summed E-state index contributed by atoms with van der Waals surface area (Å²) in [6.07, 6.45) is 0.846. The number of methoxy groups -OCH3 is 2. The van der Waals surface area contributed by atoms with Crippen molar-refractivity contribution >= 4 is 11.7 Å². The number of ketones is 1. The van der Waals surface area contributed by atoms with Crippen LogP contribution in [0.2, 0.25) is 0 Å². The minimum Gasteiger partial charge on any atom is -0.493 e. The molecule has 0 aliphatic heterocycles. The van der Waals surface area contributed by atoms with E-state index in [4.69, 9.17) is 9.47 Å². The molecule has 0 bridgehead atoms. The first-order valence-corrected chi connectivity index (χ1v) is 8.11. The molecule has 0 aliphatic rings. The lowest BCUT2D eigenvalue weighted by Crippen LogP contribution is -2.23. The number of hydrogen-bond acceptors (Lipinski definition) is 4. The molecule has 0 aromatic heterocycles. The molecule has 0 aliphatic carbocycles. The molecular formula is C20H23NO4. The quantitative estimate of drug-likeness (QED) is 0.750. The van der Waals surface area contributed by atoms with Gasteiger partial charge in [0.05, 0.1) is 14.2 Å². The largest absolute Gasteiger partial charge is 0.493 e. The van der Waals surface area contributed by atoms with E-state index >= 15 is 0 Å². The van der Waals surface area contributed by atoms with E-state index in [0.717, 1.165) is 11.1 Å². The van der Waals surface area contributed by atoms with Gasteiger partial charge in [0.1, 0.15) is 0 Å². The average molecular weight is 341 g/mol. The summed E-state index contributed by atoms with van der Waals surface area (Å²) >= 11 is 0. The Morgan fingerprint density at radius 2 is 1.64 bits per heavy atom. The molecule has 2 aromatic carbocycles. The van der Waals surface area contributed by atoms with Crippen LogP contribution >= 0.6 is 0 Å². The zero-order chi connectivity index (χ0) is 18.2. The van der Waals surface area contributed by atoms with E-state index in [9.17, 15) is 9.59 Å². The maximum absolute atomic E-state index is 12.8. The number of benzene rings is 2. The number of ether oxygens (including phenoxy) is 2. The third-order valence-electron chi connectivity index (χ3n) is 3.89. The highest BCUT2D eigenvalue weighted by molar-refractivity contribution is 5.99. The number of hydrogen-bond donors (Lipinski definition) is 1. The third kappa shape index (κ3) is 5.08. The maximum Gasteiger partial charge on any atom is 0.216 e. The predicted octanol–water partition coefficient (Wildman–Crippen LogP) is 2.81. The van der Waals surface area contributed by atoms with Gasteiger partial charge in [-0.25, -0.2) is 0 Å². The first kappa shape index (κ1) is 18.5. The predicted molar refractivity (Wildman–Crippen MR) is 96.4 cm³/mol. The van der Waals surface area contributed by atoms with Crippen molar-refractivity contribution in [1.82, 2.24) is 5.32 Å². The number of carbonyl (C=O) groups excluding carboxylic acids is 2. The maximum atomic E-state index is 12.8. The molecule has 25 heavy (non-hydrogen) atoms. The summed E-state index contributed by atoms with van der Waals surface area (Å²) in [4.78, 5) is 23.9. The Morgan fingerprint density at radius 3 is 2.24 bits per heavy atom. The van der Waals surface area contributed by atoms with E-state index < -0.39 is 0 Å². The lowest BCUT2D eigenvalue weighted by molar-refractivity contribution is -0.118. The Kier molecular flexibility index (Phi) is 6.57. The monoisotopic (exact) mass is 341 g/mol. The second kappa shape index (κ2) is 8.87. The van der Waals surface area contributed by atoms with Gasteiger partial charge in [0.15, 0.2) is 17.3 Å². The van der Waals surface area contributed by atoms with Crippen molar-refractivity contribution in [2.24, 2.45) is 0 Å². The summed E-state index contributed by atoms with van der Waals surface area (Å²) in [7, 11) is 3.10. The Bertz CT molecular complexity index is 741. The molecule has 0 saturated carbocycles. The van der Waals surface area contributed by atoms with Crippen molar-refractivity contribution in [2.75, 3.05) is 20.8 Å².